The smallest absolute Gasteiger partial charge is 0.0966 e. The van der Waals surface area contributed by atoms with Gasteiger partial charge in [0.15, 0.2) is 0 Å². The SMILES string of the molecule is Cc1cccc(CNC2=NCCC2)n1. The van der Waals surface area contributed by atoms with Crippen molar-refractivity contribution in [2.45, 2.75) is 26.3 Å². The molecule has 0 saturated heterocycles. The summed E-state index contributed by atoms with van der Waals surface area (Å²) in [6, 6.07) is 6.09. The van der Waals surface area contributed by atoms with Crippen LogP contribution in [0.3, 0.4) is 0 Å². The standard InChI is InChI=1S/C11H15N3/c1-9-4-2-5-10(14-9)8-13-11-6-3-7-12-11/h2,4-5H,3,6-8H2,1H3,(H,12,13). The Morgan fingerprint density at radius 2 is 2.36 bits per heavy atom. The van der Waals surface area contributed by atoms with Gasteiger partial charge in [-0.15, -0.1) is 0 Å². The van der Waals surface area contributed by atoms with Gasteiger partial charge in [-0.1, -0.05) is 6.07 Å². The van der Waals surface area contributed by atoms with Crippen molar-refractivity contribution in [3.8, 4) is 0 Å². The molecule has 2 rings (SSSR count). The van der Waals surface area contributed by atoms with E-state index in [4.69, 9.17) is 0 Å². The number of nitrogens with one attached hydrogen (secondary N) is 1. The number of aliphatic imine (C=N–C) groups is 1. The summed E-state index contributed by atoms with van der Waals surface area (Å²) in [5.74, 6) is 1.13. The predicted octanol–water partition coefficient (Wildman–Crippen LogP) is 1.67. The number of pyridine rings is 1. The first-order chi connectivity index (χ1) is 6.84. The molecule has 0 fully saturated rings. The van der Waals surface area contributed by atoms with Crippen molar-refractivity contribution in [1.82, 2.24) is 10.3 Å². The average molecular weight is 189 g/mol. The Balaban J connectivity index is 1.91. The Hall–Kier alpha value is -1.38. The zero-order valence-corrected chi connectivity index (χ0v) is 8.45. The largest absolute Gasteiger partial charge is 0.368 e. The van der Waals surface area contributed by atoms with Gasteiger partial charge in [0.25, 0.3) is 0 Å². The van der Waals surface area contributed by atoms with Crippen molar-refractivity contribution in [3.63, 3.8) is 0 Å². The van der Waals surface area contributed by atoms with Crippen LogP contribution in [0.25, 0.3) is 0 Å². The molecule has 1 aromatic rings. The third kappa shape index (κ3) is 2.31. The van der Waals surface area contributed by atoms with Crippen molar-refractivity contribution in [2.24, 2.45) is 4.99 Å². The number of nitrogens with zero attached hydrogens (tertiary/aromatic N) is 2. The second kappa shape index (κ2) is 4.22. The first-order valence-electron chi connectivity index (χ1n) is 5.04. The van der Waals surface area contributed by atoms with E-state index < -0.39 is 0 Å². The summed E-state index contributed by atoms with van der Waals surface area (Å²) in [5, 5.41) is 3.31. The zero-order chi connectivity index (χ0) is 9.80. The summed E-state index contributed by atoms with van der Waals surface area (Å²) < 4.78 is 0. The normalized spacial score (nSPS) is 15.4. The molecule has 0 aromatic carbocycles. The number of hydrogen-bond donors (Lipinski definition) is 1. The molecule has 0 bridgehead atoms. The van der Waals surface area contributed by atoms with Crippen molar-refractivity contribution in [3.05, 3.63) is 29.6 Å². The number of hydrogen-bond acceptors (Lipinski definition) is 3. The van der Waals surface area contributed by atoms with E-state index in [0.29, 0.717) is 0 Å². The molecule has 1 aliphatic heterocycles. The van der Waals surface area contributed by atoms with Gasteiger partial charge < -0.3 is 5.32 Å². The van der Waals surface area contributed by atoms with E-state index in [1.165, 1.54) is 6.42 Å². The highest BCUT2D eigenvalue weighted by atomic mass is 15.0. The molecule has 1 aliphatic rings. The van der Waals surface area contributed by atoms with Gasteiger partial charge in [-0.25, -0.2) is 0 Å². The van der Waals surface area contributed by atoms with E-state index >= 15 is 0 Å². The van der Waals surface area contributed by atoms with Crippen LogP contribution in [0, 0.1) is 6.92 Å². The molecule has 1 N–H and O–H groups in total. The maximum Gasteiger partial charge on any atom is 0.0966 e. The molecule has 0 amide bonds. The molecule has 0 radical (unpaired) electrons. The van der Waals surface area contributed by atoms with Crippen LogP contribution in [0.4, 0.5) is 0 Å². The lowest BCUT2D eigenvalue weighted by Crippen LogP contribution is -2.21. The average Bonchev–Trinajstić information content (AvgIpc) is 2.67. The highest BCUT2D eigenvalue weighted by molar-refractivity contribution is 5.83. The number of rotatable bonds is 2. The Morgan fingerprint density at radius 1 is 1.43 bits per heavy atom. The van der Waals surface area contributed by atoms with Crippen molar-refractivity contribution in [1.29, 1.82) is 0 Å². The monoisotopic (exact) mass is 189 g/mol. The molecule has 74 valence electrons. The number of amidine groups is 1. The second-order valence-corrected chi connectivity index (χ2v) is 3.56. The van der Waals surface area contributed by atoms with Gasteiger partial charge in [-0.2, -0.15) is 0 Å². The van der Waals surface area contributed by atoms with Gasteiger partial charge in [0.2, 0.25) is 0 Å². The summed E-state index contributed by atoms with van der Waals surface area (Å²) >= 11 is 0. The summed E-state index contributed by atoms with van der Waals surface area (Å²) in [6.07, 6.45) is 2.27. The fourth-order valence-electron chi connectivity index (χ4n) is 1.57. The molecule has 0 spiro atoms. The van der Waals surface area contributed by atoms with E-state index in [1.54, 1.807) is 0 Å². The van der Waals surface area contributed by atoms with Gasteiger partial charge in [-0.05, 0) is 25.5 Å². The fourth-order valence-corrected chi connectivity index (χ4v) is 1.57. The lowest BCUT2D eigenvalue weighted by atomic mass is 10.3. The Morgan fingerprint density at radius 3 is 3.07 bits per heavy atom. The molecule has 3 nitrogen and oxygen atoms in total. The van der Waals surface area contributed by atoms with Gasteiger partial charge in [0, 0.05) is 18.7 Å². The van der Waals surface area contributed by atoms with Crippen molar-refractivity contribution >= 4 is 5.84 Å². The third-order valence-corrected chi connectivity index (χ3v) is 2.29. The van der Waals surface area contributed by atoms with Gasteiger partial charge in [0.1, 0.15) is 0 Å². The van der Waals surface area contributed by atoms with Crippen LogP contribution in [0.5, 0.6) is 0 Å². The third-order valence-electron chi connectivity index (χ3n) is 2.29. The van der Waals surface area contributed by atoms with Crippen LogP contribution < -0.4 is 5.32 Å². The van der Waals surface area contributed by atoms with Crippen molar-refractivity contribution in [2.75, 3.05) is 6.54 Å². The highest BCUT2D eigenvalue weighted by Crippen LogP contribution is 2.03. The molecule has 0 saturated carbocycles. The predicted molar refractivity (Wildman–Crippen MR) is 57.3 cm³/mol. The van der Waals surface area contributed by atoms with Gasteiger partial charge in [0.05, 0.1) is 18.1 Å². The summed E-state index contributed by atoms with van der Waals surface area (Å²) in [7, 11) is 0. The molecular formula is C11H15N3. The Bertz CT molecular complexity index is 344. The quantitative estimate of drug-likeness (QED) is 0.768. The fraction of sp³-hybridized carbons (Fsp3) is 0.455. The van der Waals surface area contributed by atoms with Crippen molar-refractivity contribution < 1.29 is 0 Å². The minimum atomic E-state index is 0.792. The molecule has 0 aliphatic carbocycles. The lowest BCUT2D eigenvalue weighted by Gasteiger charge is -2.05. The van der Waals surface area contributed by atoms with Crippen LogP contribution in [-0.4, -0.2) is 17.4 Å². The van der Waals surface area contributed by atoms with Crippen LogP contribution >= 0.6 is 0 Å². The molecule has 2 heterocycles. The molecule has 3 heteroatoms. The Kier molecular flexibility index (Phi) is 2.77. The van der Waals surface area contributed by atoms with E-state index in [-0.39, 0.29) is 0 Å². The summed E-state index contributed by atoms with van der Waals surface area (Å²) in [6.45, 7) is 3.78. The number of aromatic nitrogens is 1. The lowest BCUT2D eigenvalue weighted by molar-refractivity contribution is 0.850. The summed E-state index contributed by atoms with van der Waals surface area (Å²) in [4.78, 5) is 8.77. The summed E-state index contributed by atoms with van der Waals surface area (Å²) in [5.41, 5.74) is 2.15. The highest BCUT2D eigenvalue weighted by Gasteiger charge is 2.05. The van der Waals surface area contributed by atoms with Crippen LogP contribution in [0.1, 0.15) is 24.2 Å². The van der Waals surface area contributed by atoms with E-state index in [9.17, 15) is 0 Å². The minimum Gasteiger partial charge on any atom is -0.368 e. The van der Waals surface area contributed by atoms with Crippen LogP contribution in [-0.2, 0) is 6.54 Å². The van der Waals surface area contributed by atoms with Gasteiger partial charge >= 0.3 is 0 Å². The maximum atomic E-state index is 4.42. The topological polar surface area (TPSA) is 37.3 Å². The first-order valence-corrected chi connectivity index (χ1v) is 5.04. The minimum absolute atomic E-state index is 0.792. The Labute approximate surface area is 84.3 Å². The second-order valence-electron chi connectivity index (χ2n) is 3.56. The maximum absolute atomic E-state index is 4.42. The molecule has 0 unspecified atom stereocenters. The molecule has 1 aromatic heterocycles. The molecule has 0 atom stereocenters. The molecule has 14 heavy (non-hydrogen) atoms. The van der Waals surface area contributed by atoms with E-state index in [0.717, 1.165) is 36.7 Å². The zero-order valence-electron chi connectivity index (χ0n) is 8.45. The van der Waals surface area contributed by atoms with E-state index in [2.05, 4.69) is 15.3 Å². The first kappa shape index (κ1) is 9.19. The van der Waals surface area contributed by atoms with Crippen LogP contribution in [0.2, 0.25) is 0 Å². The molecular weight excluding hydrogens is 174 g/mol. The van der Waals surface area contributed by atoms with Gasteiger partial charge in [-0.3, -0.25) is 9.98 Å². The van der Waals surface area contributed by atoms with E-state index in [1.807, 2.05) is 25.1 Å². The van der Waals surface area contributed by atoms with Crippen LogP contribution in [0.15, 0.2) is 23.2 Å². The number of aryl methyl sites for hydroxylation is 1.